The van der Waals surface area contributed by atoms with Crippen LogP contribution in [0.15, 0.2) is 0 Å². The summed E-state index contributed by atoms with van der Waals surface area (Å²) in [6, 6.07) is 0.742. The largest absolute Gasteiger partial charge is 0.379 e. The van der Waals surface area contributed by atoms with E-state index < -0.39 is 0 Å². The molecule has 0 aromatic heterocycles. The van der Waals surface area contributed by atoms with Crippen molar-refractivity contribution in [2.45, 2.75) is 32.2 Å². The molecule has 1 atom stereocenters. The van der Waals surface area contributed by atoms with Gasteiger partial charge in [-0.2, -0.15) is 0 Å². The van der Waals surface area contributed by atoms with Crippen LogP contribution in [0.2, 0.25) is 0 Å². The maximum Gasteiger partial charge on any atom is 0.0608 e. The van der Waals surface area contributed by atoms with Gasteiger partial charge < -0.3 is 4.74 Å². The van der Waals surface area contributed by atoms with Crippen LogP contribution in [0.4, 0.5) is 0 Å². The highest BCUT2D eigenvalue weighted by Crippen LogP contribution is 2.19. The maximum absolute atomic E-state index is 5.36. The van der Waals surface area contributed by atoms with Gasteiger partial charge in [0.05, 0.1) is 13.2 Å². The molecule has 0 aliphatic carbocycles. The highest BCUT2D eigenvalue weighted by molar-refractivity contribution is 4.73. The van der Waals surface area contributed by atoms with Crippen LogP contribution in [0.5, 0.6) is 0 Å². The Labute approximate surface area is 80.6 Å². The van der Waals surface area contributed by atoms with Crippen LogP contribution in [0.3, 0.4) is 0 Å². The SMILES string of the molecule is CC1CCCCN1N1CCOCC1. The second-order valence-corrected chi connectivity index (χ2v) is 4.07. The normalized spacial score (nSPS) is 33.5. The van der Waals surface area contributed by atoms with E-state index >= 15 is 0 Å². The molecule has 3 heteroatoms. The number of hydrogen-bond acceptors (Lipinski definition) is 3. The monoisotopic (exact) mass is 184 g/mol. The van der Waals surface area contributed by atoms with E-state index in [9.17, 15) is 0 Å². The zero-order chi connectivity index (χ0) is 9.10. The van der Waals surface area contributed by atoms with Gasteiger partial charge in [0.2, 0.25) is 0 Å². The zero-order valence-corrected chi connectivity index (χ0v) is 8.54. The molecule has 0 radical (unpaired) electrons. The summed E-state index contributed by atoms with van der Waals surface area (Å²) in [5.74, 6) is 0. The summed E-state index contributed by atoms with van der Waals surface area (Å²) in [5.41, 5.74) is 0. The molecule has 13 heavy (non-hydrogen) atoms. The van der Waals surface area contributed by atoms with E-state index in [1.165, 1.54) is 25.8 Å². The summed E-state index contributed by atoms with van der Waals surface area (Å²) in [4.78, 5) is 0. The van der Waals surface area contributed by atoms with E-state index in [4.69, 9.17) is 4.74 Å². The van der Waals surface area contributed by atoms with Crippen molar-refractivity contribution in [1.82, 2.24) is 10.0 Å². The molecule has 0 N–H and O–H groups in total. The third-order valence-corrected chi connectivity index (χ3v) is 3.12. The summed E-state index contributed by atoms with van der Waals surface area (Å²) >= 11 is 0. The van der Waals surface area contributed by atoms with E-state index in [-0.39, 0.29) is 0 Å². The molecule has 2 heterocycles. The van der Waals surface area contributed by atoms with Crippen LogP contribution in [0, 0.1) is 0 Å². The lowest BCUT2D eigenvalue weighted by Gasteiger charge is -2.43. The molecule has 2 aliphatic heterocycles. The minimum absolute atomic E-state index is 0.742. The lowest BCUT2D eigenvalue weighted by Crippen LogP contribution is -2.54. The Kier molecular flexibility index (Phi) is 3.19. The fraction of sp³-hybridized carbons (Fsp3) is 1.00. The molecule has 0 aromatic rings. The number of morpholine rings is 1. The first-order chi connectivity index (χ1) is 6.38. The first-order valence-electron chi connectivity index (χ1n) is 5.47. The number of hydrogen-bond donors (Lipinski definition) is 0. The van der Waals surface area contributed by atoms with E-state index in [0.717, 1.165) is 32.3 Å². The van der Waals surface area contributed by atoms with Crippen molar-refractivity contribution in [3.05, 3.63) is 0 Å². The molecule has 0 amide bonds. The Hall–Kier alpha value is -0.120. The molecule has 1 unspecified atom stereocenters. The molecular formula is C10H20N2O. The molecule has 76 valence electrons. The topological polar surface area (TPSA) is 15.7 Å². The molecule has 3 nitrogen and oxygen atoms in total. The highest BCUT2D eigenvalue weighted by Gasteiger charge is 2.25. The standard InChI is InChI=1S/C10H20N2O/c1-10-4-2-3-5-12(10)11-6-8-13-9-7-11/h10H,2-9H2,1H3. The van der Waals surface area contributed by atoms with E-state index in [1.54, 1.807) is 0 Å². The Morgan fingerprint density at radius 1 is 1.08 bits per heavy atom. The zero-order valence-electron chi connectivity index (χ0n) is 8.54. The first kappa shape index (κ1) is 9.44. The molecule has 0 bridgehead atoms. The van der Waals surface area contributed by atoms with E-state index in [0.29, 0.717) is 0 Å². The molecule has 0 saturated carbocycles. The van der Waals surface area contributed by atoms with Crippen LogP contribution in [-0.2, 0) is 4.74 Å². The van der Waals surface area contributed by atoms with Gasteiger partial charge in [0.25, 0.3) is 0 Å². The number of rotatable bonds is 1. The minimum atomic E-state index is 0.742. The molecule has 0 aromatic carbocycles. The van der Waals surface area contributed by atoms with Gasteiger partial charge in [-0.05, 0) is 19.8 Å². The molecule has 0 spiro atoms. The Bertz CT molecular complexity index is 157. The van der Waals surface area contributed by atoms with Gasteiger partial charge in [-0.3, -0.25) is 0 Å². The highest BCUT2D eigenvalue weighted by atomic mass is 16.5. The summed E-state index contributed by atoms with van der Waals surface area (Å²) in [7, 11) is 0. The third-order valence-electron chi connectivity index (χ3n) is 3.12. The van der Waals surface area contributed by atoms with Gasteiger partial charge in [-0.1, -0.05) is 6.42 Å². The Balaban J connectivity index is 1.88. The number of piperidine rings is 1. The van der Waals surface area contributed by atoms with Crippen molar-refractivity contribution in [1.29, 1.82) is 0 Å². The van der Waals surface area contributed by atoms with Gasteiger partial charge in [0, 0.05) is 25.7 Å². The maximum atomic E-state index is 5.36. The lowest BCUT2D eigenvalue weighted by atomic mass is 10.1. The van der Waals surface area contributed by atoms with Crippen LogP contribution in [0.25, 0.3) is 0 Å². The van der Waals surface area contributed by atoms with Crippen molar-refractivity contribution in [3.8, 4) is 0 Å². The quantitative estimate of drug-likeness (QED) is 0.607. The van der Waals surface area contributed by atoms with Gasteiger partial charge in [0.1, 0.15) is 0 Å². The summed E-state index contributed by atoms with van der Waals surface area (Å²) < 4.78 is 5.36. The van der Waals surface area contributed by atoms with Crippen molar-refractivity contribution in [2.75, 3.05) is 32.8 Å². The van der Waals surface area contributed by atoms with Crippen molar-refractivity contribution >= 4 is 0 Å². The molecule has 2 rings (SSSR count). The number of nitrogens with zero attached hydrogens (tertiary/aromatic N) is 2. The summed E-state index contributed by atoms with van der Waals surface area (Å²) in [5, 5.41) is 5.03. The van der Waals surface area contributed by atoms with Crippen molar-refractivity contribution < 1.29 is 4.74 Å². The second-order valence-electron chi connectivity index (χ2n) is 4.07. The van der Waals surface area contributed by atoms with Gasteiger partial charge in [0.15, 0.2) is 0 Å². The van der Waals surface area contributed by atoms with Gasteiger partial charge in [-0.25, -0.2) is 10.0 Å². The van der Waals surface area contributed by atoms with Crippen LogP contribution in [0.1, 0.15) is 26.2 Å². The summed E-state index contributed by atoms with van der Waals surface area (Å²) in [6.07, 6.45) is 4.13. The fourth-order valence-corrected chi connectivity index (χ4v) is 2.31. The predicted octanol–water partition coefficient (Wildman–Crippen LogP) is 1.11. The van der Waals surface area contributed by atoms with Crippen LogP contribution < -0.4 is 0 Å². The average Bonchev–Trinajstić information content (AvgIpc) is 2.20. The molecule has 2 saturated heterocycles. The van der Waals surface area contributed by atoms with Crippen LogP contribution in [-0.4, -0.2) is 48.9 Å². The van der Waals surface area contributed by atoms with Crippen molar-refractivity contribution in [3.63, 3.8) is 0 Å². The van der Waals surface area contributed by atoms with Gasteiger partial charge in [-0.15, -0.1) is 0 Å². The minimum Gasteiger partial charge on any atom is -0.379 e. The van der Waals surface area contributed by atoms with E-state index in [2.05, 4.69) is 16.9 Å². The number of hydrazine groups is 1. The summed E-state index contributed by atoms with van der Waals surface area (Å²) in [6.45, 7) is 7.58. The molecule has 2 fully saturated rings. The lowest BCUT2D eigenvalue weighted by molar-refractivity contribution is -0.120. The van der Waals surface area contributed by atoms with Crippen LogP contribution >= 0.6 is 0 Å². The molecule has 2 aliphatic rings. The first-order valence-corrected chi connectivity index (χ1v) is 5.47. The van der Waals surface area contributed by atoms with Gasteiger partial charge >= 0.3 is 0 Å². The Morgan fingerprint density at radius 3 is 2.54 bits per heavy atom. The number of ether oxygens (including phenoxy) is 1. The van der Waals surface area contributed by atoms with E-state index in [1.807, 2.05) is 0 Å². The third kappa shape index (κ3) is 2.22. The second kappa shape index (κ2) is 4.40. The average molecular weight is 184 g/mol. The molecular weight excluding hydrogens is 164 g/mol. The fourth-order valence-electron chi connectivity index (χ4n) is 2.31. The Morgan fingerprint density at radius 2 is 1.85 bits per heavy atom. The van der Waals surface area contributed by atoms with Crippen molar-refractivity contribution in [2.24, 2.45) is 0 Å². The smallest absolute Gasteiger partial charge is 0.0608 e. The predicted molar refractivity (Wildman–Crippen MR) is 52.4 cm³/mol.